The van der Waals surface area contributed by atoms with Crippen LogP contribution in [0.4, 0.5) is 5.69 Å². The predicted molar refractivity (Wildman–Crippen MR) is 198 cm³/mol. The fourth-order valence-electron chi connectivity index (χ4n) is 6.66. The molecule has 0 spiro atoms. The van der Waals surface area contributed by atoms with E-state index in [1.54, 1.807) is 32.0 Å². The number of hydrogen-bond acceptors (Lipinski definition) is 5. The molecule has 3 N–H and O–H groups in total. The number of benzene rings is 2. The van der Waals surface area contributed by atoms with Crippen molar-refractivity contribution in [3.05, 3.63) is 47.0 Å². The minimum absolute atomic E-state index is 0.0606. The summed E-state index contributed by atoms with van der Waals surface area (Å²) in [6.07, 6.45) is 24.6. The molecule has 2 aromatic carbocycles. The SMILES string of the molecule is CCCCCCCCCCCCc1cc(S(=O)(=O)O)c(C(C)C)c(S(=O)(=O)c2ccc(N)cc2)c1CCCCCCCCCCCC. The third-order valence-corrected chi connectivity index (χ3v) is 12.2. The largest absolute Gasteiger partial charge is 0.399 e. The van der Waals surface area contributed by atoms with Crippen molar-refractivity contribution < 1.29 is 21.4 Å². The molecule has 0 aliphatic heterocycles. The molecule has 6 nitrogen and oxygen atoms in total. The standard InChI is InChI=1S/C39H65NO5S2/c1-5-7-9-11-13-15-17-19-21-23-25-33-31-37(47(43,44)45)38(32(3)4)39(46(41,42)35-29-27-34(40)28-30-35)36(33)26-24-22-20-18-16-14-12-10-8-6-2/h27-32H,5-26,40H2,1-4H3,(H,43,44,45). The summed E-state index contributed by atoms with van der Waals surface area (Å²) >= 11 is 0. The molecule has 0 amide bonds. The van der Waals surface area contributed by atoms with Crippen molar-refractivity contribution in [2.45, 2.75) is 190 Å². The Morgan fingerprint density at radius 2 is 1.02 bits per heavy atom. The van der Waals surface area contributed by atoms with E-state index in [4.69, 9.17) is 5.73 Å². The molecule has 0 aliphatic carbocycles. The molecule has 0 heterocycles. The van der Waals surface area contributed by atoms with Gasteiger partial charge in [-0.1, -0.05) is 143 Å². The zero-order chi connectivity index (χ0) is 34.7. The van der Waals surface area contributed by atoms with Crippen molar-refractivity contribution in [1.82, 2.24) is 0 Å². The summed E-state index contributed by atoms with van der Waals surface area (Å²) in [4.78, 5) is -0.142. The molecule has 8 heteroatoms. The van der Waals surface area contributed by atoms with Crippen LogP contribution in [0.5, 0.6) is 0 Å². The van der Waals surface area contributed by atoms with Gasteiger partial charge >= 0.3 is 0 Å². The summed E-state index contributed by atoms with van der Waals surface area (Å²) < 4.78 is 64.9. The van der Waals surface area contributed by atoms with Gasteiger partial charge in [-0.25, -0.2) is 8.42 Å². The van der Waals surface area contributed by atoms with E-state index in [2.05, 4.69) is 13.8 Å². The highest BCUT2D eigenvalue weighted by Crippen LogP contribution is 2.40. The highest BCUT2D eigenvalue weighted by molar-refractivity contribution is 7.91. The summed E-state index contributed by atoms with van der Waals surface area (Å²) in [5.74, 6) is -0.441. The maximum absolute atomic E-state index is 14.4. The quantitative estimate of drug-likeness (QED) is 0.0576. The lowest BCUT2D eigenvalue weighted by atomic mass is 9.91. The molecule has 268 valence electrons. The molecule has 0 bridgehead atoms. The van der Waals surface area contributed by atoms with Gasteiger partial charge in [0.25, 0.3) is 10.1 Å². The number of nitrogens with two attached hydrogens (primary N) is 1. The van der Waals surface area contributed by atoms with Gasteiger partial charge in [0.05, 0.1) is 14.7 Å². The summed E-state index contributed by atoms with van der Waals surface area (Å²) in [5.41, 5.74) is 7.96. The molecular weight excluding hydrogens is 627 g/mol. The van der Waals surface area contributed by atoms with Crippen molar-refractivity contribution in [2.75, 3.05) is 5.73 Å². The zero-order valence-corrected chi connectivity index (χ0v) is 31.6. The van der Waals surface area contributed by atoms with Gasteiger partial charge in [0.2, 0.25) is 9.84 Å². The molecule has 0 radical (unpaired) electrons. The first kappa shape index (κ1) is 41.3. The van der Waals surface area contributed by atoms with Crippen LogP contribution in [-0.2, 0) is 32.8 Å². The molecule has 2 aromatic rings. The van der Waals surface area contributed by atoms with Crippen LogP contribution in [0.25, 0.3) is 0 Å². The fraction of sp³-hybridized carbons (Fsp3) is 0.692. The van der Waals surface area contributed by atoms with E-state index in [0.29, 0.717) is 24.1 Å². The van der Waals surface area contributed by atoms with Crippen LogP contribution in [0.1, 0.15) is 179 Å². The van der Waals surface area contributed by atoms with Gasteiger partial charge < -0.3 is 5.73 Å². The minimum Gasteiger partial charge on any atom is -0.399 e. The average molecular weight is 692 g/mol. The van der Waals surface area contributed by atoms with Crippen molar-refractivity contribution in [3.8, 4) is 0 Å². The molecule has 0 unspecified atom stereocenters. The second-order valence-electron chi connectivity index (χ2n) is 13.8. The van der Waals surface area contributed by atoms with E-state index in [1.807, 2.05) is 0 Å². The predicted octanol–water partition coefficient (Wildman–Crippen LogP) is 11.4. The summed E-state index contributed by atoms with van der Waals surface area (Å²) in [6, 6.07) is 7.66. The first-order valence-corrected chi connectivity index (χ1v) is 21.6. The second kappa shape index (κ2) is 21.9. The number of unbranched alkanes of at least 4 members (excludes halogenated alkanes) is 18. The van der Waals surface area contributed by atoms with Gasteiger partial charge in [0.15, 0.2) is 0 Å². The molecular formula is C39H65NO5S2. The van der Waals surface area contributed by atoms with Crippen LogP contribution in [0.15, 0.2) is 45.0 Å². The van der Waals surface area contributed by atoms with E-state index >= 15 is 0 Å². The third kappa shape index (κ3) is 14.2. The molecule has 2 rings (SSSR count). The maximum Gasteiger partial charge on any atom is 0.294 e. The lowest BCUT2D eigenvalue weighted by molar-refractivity contribution is 0.480. The molecule has 47 heavy (non-hydrogen) atoms. The minimum atomic E-state index is -4.67. The molecule has 0 atom stereocenters. The number of sulfone groups is 1. The Kier molecular flexibility index (Phi) is 19.3. The van der Waals surface area contributed by atoms with E-state index in [0.717, 1.165) is 44.1 Å². The number of hydrogen-bond donors (Lipinski definition) is 2. The van der Waals surface area contributed by atoms with Crippen molar-refractivity contribution in [3.63, 3.8) is 0 Å². The van der Waals surface area contributed by atoms with Gasteiger partial charge in [0.1, 0.15) is 0 Å². The topological polar surface area (TPSA) is 115 Å². The lowest BCUT2D eigenvalue weighted by Gasteiger charge is -2.24. The van der Waals surface area contributed by atoms with Crippen molar-refractivity contribution >= 4 is 25.6 Å². The Morgan fingerprint density at radius 1 is 0.617 bits per heavy atom. The van der Waals surface area contributed by atoms with E-state index < -0.39 is 25.9 Å². The van der Waals surface area contributed by atoms with Gasteiger partial charge in [-0.05, 0) is 78.6 Å². The van der Waals surface area contributed by atoms with Crippen LogP contribution < -0.4 is 5.73 Å². The third-order valence-electron chi connectivity index (χ3n) is 9.37. The van der Waals surface area contributed by atoms with Crippen molar-refractivity contribution in [2.24, 2.45) is 0 Å². The molecule has 0 saturated heterocycles. The highest BCUT2D eigenvalue weighted by atomic mass is 32.2. The number of aryl methyl sites for hydroxylation is 1. The first-order valence-electron chi connectivity index (χ1n) is 18.7. The fourth-order valence-corrected chi connectivity index (χ4v) is 9.56. The van der Waals surface area contributed by atoms with E-state index in [9.17, 15) is 21.4 Å². The van der Waals surface area contributed by atoms with Crippen LogP contribution in [0, 0.1) is 0 Å². The molecule has 0 saturated carbocycles. The first-order chi connectivity index (χ1) is 22.4. The highest BCUT2D eigenvalue weighted by Gasteiger charge is 2.33. The lowest BCUT2D eigenvalue weighted by Crippen LogP contribution is -2.17. The van der Waals surface area contributed by atoms with E-state index in [1.165, 1.54) is 102 Å². The summed E-state index contributed by atoms with van der Waals surface area (Å²) in [7, 11) is -8.78. The molecule has 0 fully saturated rings. The maximum atomic E-state index is 14.4. The van der Waals surface area contributed by atoms with Crippen LogP contribution in [-0.4, -0.2) is 21.4 Å². The van der Waals surface area contributed by atoms with Crippen LogP contribution in [0.2, 0.25) is 0 Å². The Labute approximate surface area is 288 Å². The zero-order valence-electron chi connectivity index (χ0n) is 30.0. The van der Waals surface area contributed by atoms with Gasteiger partial charge in [0, 0.05) is 5.69 Å². The van der Waals surface area contributed by atoms with Gasteiger partial charge in [-0.2, -0.15) is 8.42 Å². The van der Waals surface area contributed by atoms with Crippen LogP contribution >= 0.6 is 0 Å². The number of anilines is 1. The Bertz CT molecular complexity index is 1380. The second-order valence-corrected chi connectivity index (χ2v) is 17.1. The Morgan fingerprint density at radius 3 is 1.43 bits per heavy atom. The van der Waals surface area contributed by atoms with Crippen LogP contribution in [0.3, 0.4) is 0 Å². The summed E-state index contributed by atoms with van der Waals surface area (Å²) in [5, 5.41) is 0. The molecule has 0 aromatic heterocycles. The average Bonchev–Trinajstić information content (AvgIpc) is 3.02. The smallest absolute Gasteiger partial charge is 0.294 e. The van der Waals surface area contributed by atoms with E-state index in [-0.39, 0.29) is 20.2 Å². The van der Waals surface area contributed by atoms with Gasteiger partial charge in [-0.3, -0.25) is 4.55 Å². The Hall–Kier alpha value is -1.90. The number of nitrogen functional groups attached to an aromatic ring is 1. The normalized spacial score (nSPS) is 12.3. The van der Waals surface area contributed by atoms with Crippen molar-refractivity contribution in [1.29, 1.82) is 0 Å². The Balaban J connectivity index is 2.37. The monoisotopic (exact) mass is 691 g/mol. The number of rotatable bonds is 26. The van der Waals surface area contributed by atoms with Gasteiger partial charge in [-0.15, -0.1) is 0 Å². The molecule has 0 aliphatic rings. The summed E-state index contributed by atoms with van der Waals surface area (Å²) in [6.45, 7) is 8.04.